The van der Waals surface area contributed by atoms with Crippen LogP contribution >= 0.6 is 15.9 Å². The second kappa shape index (κ2) is 14.7. The summed E-state index contributed by atoms with van der Waals surface area (Å²) in [6.45, 7) is 6.00. The zero-order valence-corrected chi connectivity index (χ0v) is 28.5. The van der Waals surface area contributed by atoms with Crippen molar-refractivity contribution in [1.29, 1.82) is 0 Å². The Kier molecular flexibility index (Phi) is 11.3. The highest BCUT2D eigenvalue weighted by Gasteiger charge is 2.34. The molecule has 0 aromatic heterocycles. The highest BCUT2D eigenvalue weighted by molar-refractivity contribution is 9.10. The average molecular weight is 683 g/mol. The Hall–Kier alpha value is -3.17. The predicted molar refractivity (Wildman–Crippen MR) is 181 cm³/mol. The molecule has 0 radical (unpaired) electrons. The van der Waals surface area contributed by atoms with Crippen molar-refractivity contribution in [2.24, 2.45) is 0 Å². The summed E-state index contributed by atoms with van der Waals surface area (Å²) in [6, 6.07) is 23.7. The van der Waals surface area contributed by atoms with Crippen LogP contribution < -0.4 is 9.62 Å². The molecule has 3 aromatic carbocycles. The number of rotatable bonds is 11. The first-order valence-electron chi connectivity index (χ1n) is 15.3. The van der Waals surface area contributed by atoms with Crippen LogP contribution in [0.1, 0.15) is 69.6 Å². The Morgan fingerprint density at radius 1 is 0.886 bits per heavy atom. The molecule has 1 atom stereocenters. The van der Waals surface area contributed by atoms with E-state index in [1.807, 2.05) is 66.7 Å². The largest absolute Gasteiger partial charge is 0.352 e. The Balaban J connectivity index is 1.71. The van der Waals surface area contributed by atoms with Crippen molar-refractivity contribution in [2.45, 2.75) is 83.3 Å². The molecule has 1 aliphatic carbocycles. The van der Waals surface area contributed by atoms with Crippen LogP contribution in [0.2, 0.25) is 0 Å². The molecule has 4 rings (SSSR count). The third kappa shape index (κ3) is 9.41. The second-order valence-electron chi connectivity index (χ2n) is 12.8. The van der Waals surface area contributed by atoms with Crippen molar-refractivity contribution >= 4 is 43.5 Å². The molecule has 1 saturated carbocycles. The first-order chi connectivity index (χ1) is 20.8. The van der Waals surface area contributed by atoms with Gasteiger partial charge in [0, 0.05) is 23.5 Å². The number of hydrogen-bond acceptors (Lipinski definition) is 4. The molecule has 0 spiro atoms. The number of hydrogen-bond donors (Lipinski definition) is 1. The van der Waals surface area contributed by atoms with Crippen LogP contribution in [0.5, 0.6) is 0 Å². The minimum Gasteiger partial charge on any atom is -0.352 e. The molecule has 236 valence electrons. The Labute approximate surface area is 271 Å². The highest BCUT2D eigenvalue weighted by atomic mass is 79.9. The lowest BCUT2D eigenvalue weighted by molar-refractivity contribution is -0.140. The SMILES string of the molecule is CC(C)(C)c1ccc(N(CC(=O)N(Cc2ccc(Br)cc2)[C@H](Cc2ccccc2)C(=O)NC2CCCCC2)S(C)(=O)=O)cc1. The van der Waals surface area contributed by atoms with E-state index in [2.05, 4.69) is 42.0 Å². The molecule has 3 aromatic rings. The topological polar surface area (TPSA) is 86.8 Å². The van der Waals surface area contributed by atoms with Crippen molar-refractivity contribution in [2.75, 3.05) is 17.1 Å². The highest BCUT2D eigenvalue weighted by Crippen LogP contribution is 2.27. The van der Waals surface area contributed by atoms with Crippen molar-refractivity contribution in [3.8, 4) is 0 Å². The molecular weight excluding hydrogens is 638 g/mol. The number of amides is 2. The Morgan fingerprint density at radius 2 is 1.50 bits per heavy atom. The molecule has 7 nitrogen and oxygen atoms in total. The number of carbonyl (C=O) groups is 2. The van der Waals surface area contributed by atoms with Gasteiger partial charge in [-0.05, 0) is 59.2 Å². The van der Waals surface area contributed by atoms with Crippen molar-refractivity contribution < 1.29 is 18.0 Å². The van der Waals surface area contributed by atoms with Gasteiger partial charge in [0.15, 0.2) is 0 Å². The maximum atomic E-state index is 14.3. The Bertz CT molecular complexity index is 1500. The van der Waals surface area contributed by atoms with Crippen LogP contribution in [0.3, 0.4) is 0 Å². The molecule has 1 fully saturated rings. The smallest absolute Gasteiger partial charge is 0.244 e. The predicted octanol–water partition coefficient (Wildman–Crippen LogP) is 6.60. The van der Waals surface area contributed by atoms with E-state index in [4.69, 9.17) is 0 Å². The third-order valence-corrected chi connectivity index (χ3v) is 9.86. The minimum atomic E-state index is -3.82. The van der Waals surface area contributed by atoms with Gasteiger partial charge in [0.2, 0.25) is 21.8 Å². The zero-order valence-electron chi connectivity index (χ0n) is 26.1. The van der Waals surface area contributed by atoms with Gasteiger partial charge in [-0.1, -0.05) is 111 Å². The van der Waals surface area contributed by atoms with E-state index in [0.717, 1.165) is 63.8 Å². The zero-order chi connectivity index (χ0) is 31.9. The van der Waals surface area contributed by atoms with Crippen molar-refractivity contribution in [3.05, 3.63) is 100 Å². The molecule has 9 heteroatoms. The van der Waals surface area contributed by atoms with Crippen molar-refractivity contribution in [1.82, 2.24) is 10.2 Å². The average Bonchev–Trinajstić information content (AvgIpc) is 2.98. The second-order valence-corrected chi connectivity index (χ2v) is 15.6. The first-order valence-corrected chi connectivity index (χ1v) is 17.9. The fourth-order valence-corrected chi connectivity index (χ4v) is 6.74. The van der Waals surface area contributed by atoms with Crippen LogP contribution in [0, 0.1) is 0 Å². The Morgan fingerprint density at radius 3 is 2.07 bits per heavy atom. The number of anilines is 1. The summed E-state index contributed by atoms with van der Waals surface area (Å²) in [4.78, 5) is 29.9. The summed E-state index contributed by atoms with van der Waals surface area (Å²) in [5.41, 5.74) is 3.11. The van der Waals surface area contributed by atoms with E-state index in [9.17, 15) is 18.0 Å². The van der Waals surface area contributed by atoms with E-state index in [-0.39, 0.29) is 23.9 Å². The third-order valence-electron chi connectivity index (χ3n) is 8.19. The first kappa shape index (κ1) is 33.7. The summed E-state index contributed by atoms with van der Waals surface area (Å²) >= 11 is 3.47. The molecule has 0 bridgehead atoms. The van der Waals surface area contributed by atoms with E-state index in [1.54, 1.807) is 17.0 Å². The van der Waals surface area contributed by atoms with Gasteiger partial charge in [-0.2, -0.15) is 0 Å². The van der Waals surface area contributed by atoms with Gasteiger partial charge in [-0.3, -0.25) is 13.9 Å². The van der Waals surface area contributed by atoms with Crippen LogP contribution in [-0.2, 0) is 38.0 Å². The van der Waals surface area contributed by atoms with E-state index in [1.165, 1.54) is 0 Å². The summed E-state index contributed by atoms with van der Waals surface area (Å²) in [5.74, 6) is -0.662. The molecule has 0 saturated heterocycles. The number of nitrogens with zero attached hydrogens (tertiary/aromatic N) is 2. The summed E-state index contributed by atoms with van der Waals surface area (Å²) in [7, 11) is -3.82. The fraction of sp³-hybridized carbons (Fsp3) is 0.429. The lowest BCUT2D eigenvalue weighted by atomic mass is 9.87. The summed E-state index contributed by atoms with van der Waals surface area (Å²) < 4.78 is 28.2. The molecule has 0 aliphatic heterocycles. The monoisotopic (exact) mass is 681 g/mol. The van der Waals surface area contributed by atoms with Gasteiger partial charge < -0.3 is 10.2 Å². The number of benzene rings is 3. The lowest BCUT2D eigenvalue weighted by Crippen LogP contribution is -2.55. The van der Waals surface area contributed by atoms with Crippen LogP contribution in [0.25, 0.3) is 0 Å². The van der Waals surface area contributed by atoms with Gasteiger partial charge >= 0.3 is 0 Å². The number of sulfonamides is 1. The van der Waals surface area contributed by atoms with E-state index in [0.29, 0.717) is 12.1 Å². The van der Waals surface area contributed by atoms with Crippen LogP contribution in [-0.4, -0.2) is 50.0 Å². The maximum absolute atomic E-state index is 14.3. The van der Waals surface area contributed by atoms with Crippen LogP contribution in [0.4, 0.5) is 5.69 Å². The summed E-state index contributed by atoms with van der Waals surface area (Å²) in [5, 5.41) is 3.23. The van der Waals surface area contributed by atoms with Gasteiger partial charge in [0.25, 0.3) is 0 Å². The summed E-state index contributed by atoms with van der Waals surface area (Å²) in [6.07, 6.45) is 6.52. The molecule has 0 heterocycles. The number of carbonyl (C=O) groups excluding carboxylic acids is 2. The standard InChI is InChI=1S/C35H44BrN3O4S/c1-35(2,3)28-17-21-31(22-18-28)39(44(4,42)43)25-33(40)38(24-27-15-19-29(36)20-16-27)32(23-26-11-7-5-8-12-26)34(41)37-30-13-9-6-10-14-30/h5,7-8,11-12,15-22,30,32H,6,9-10,13-14,23-25H2,1-4H3,(H,37,41)/t32-/m1/s1. The van der Waals surface area contributed by atoms with Gasteiger partial charge in [0.1, 0.15) is 12.6 Å². The van der Waals surface area contributed by atoms with Gasteiger partial charge in [-0.15, -0.1) is 0 Å². The maximum Gasteiger partial charge on any atom is 0.244 e. The molecular formula is C35H44BrN3O4S. The molecule has 2 amide bonds. The quantitative estimate of drug-likeness (QED) is 0.247. The molecule has 0 unspecified atom stereocenters. The minimum absolute atomic E-state index is 0.0630. The van der Waals surface area contributed by atoms with Gasteiger partial charge in [-0.25, -0.2) is 8.42 Å². The number of halogens is 1. The van der Waals surface area contributed by atoms with Gasteiger partial charge in [0.05, 0.1) is 11.9 Å². The normalized spacial score (nSPS) is 14.9. The van der Waals surface area contributed by atoms with E-state index < -0.39 is 28.5 Å². The fourth-order valence-electron chi connectivity index (χ4n) is 5.63. The number of nitrogens with one attached hydrogen (secondary N) is 1. The molecule has 44 heavy (non-hydrogen) atoms. The molecule has 1 N–H and O–H groups in total. The van der Waals surface area contributed by atoms with Crippen molar-refractivity contribution in [3.63, 3.8) is 0 Å². The van der Waals surface area contributed by atoms with E-state index >= 15 is 0 Å². The lowest BCUT2D eigenvalue weighted by Gasteiger charge is -2.35. The molecule has 1 aliphatic rings. The van der Waals surface area contributed by atoms with Crippen LogP contribution in [0.15, 0.2) is 83.3 Å².